The van der Waals surface area contributed by atoms with Gasteiger partial charge < -0.3 is 15.3 Å². The quantitative estimate of drug-likeness (QED) is 0.747. The molecule has 2 N–H and O–H groups in total. The lowest BCUT2D eigenvalue weighted by Crippen LogP contribution is -2.47. The Bertz CT molecular complexity index is 962. The summed E-state index contributed by atoms with van der Waals surface area (Å²) in [6.07, 6.45) is 6.62. The van der Waals surface area contributed by atoms with Crippen molar-refractivity contribution >= 4 is 16.7 Å². The summed E-state index contributed by atoms with van der Waals surface area (Å²) in [6.45, 7) is 0. The van der Waals surface area contributed by atoms with Gasteiger partial charge in [-0.05, 0) is 49.9 Å². The molecule has 0 spiro atoms. The first kappa shape index (κ1) is 16.4. The molecular formula is C21H23N5O. The normalized spacial score (nSPS) is 24.3. The first-order chi connectivity index (χ1) is 13.2. The Morgan fingerprint density at radius 3 is 2.63 bits per heavy atom. The van der Waals surface area contributed by atoms with Crippen molar-refractivity contribution in [2.75, 3.05) is 11.9 Å². The highest BCUT2D eigenvalue weighted by Gasteiger charge is 2.35. The number of aromatic nitrogens is 3. The van der Waals surface area contributed by atoms with Crippen molar-refractivity contribution in [3.63, 3.8) is 0 Å². The third kappa shape index (κ3) is 3.00. The van der Waals surface area contributed by atoms with E-state index in [1.807, 2.05) is 30.3 Å². The Morgan fingerprint density at radius 2 is 1.89 bits per heavy atom. The van der Waals surface area contributed by atoms with Crippen molar-refractivity contribution in [1.29, 1.82) is 0 Å². The van der Waals surface area contributed by atoms with Crippen LogP contribution in [0.25, 0.3) is 22.2 Å². The maximum atomic E-state index is 10.4. The Kier molecular flexibility index (Phi) is 3.93. The summed E-state index contributed by atoms with van der Waals surface area (Å²) < 4.78 is 0. The highest BCUT2D eigenvalue weighted by molar-refractivity contribution is 5.87. The fraction of sp³-hybridized carbons (Fsp3) is 0.381. The number of phenols is 1. The van der Waals surface area contributed by atoms with Gasteiger partial charge in [0.2, 0.25) is 0 Å². The van der Waals surface area contributed by atoms with Crippen molar-refractivity contribution < 1.29 is 5.11 Å². The highest BCUT2D eigenvalue weighted by Crippen LogP contribution is 2.33. The number of hydrogen-bond donors (Lipinski definition) is 2. The standard InChI is InChI=1S/C21H23N5O/c1-26(16-10-14-4-5-15(11-16)23-14)21-7-6-18(24-25-21)17-9-13-3-2-8-22-19(13)12-20(17)27/h2-3,6-9,12,14-16,23,27H,4-5,10-11H2,1H3/t14-,15+,16?. The summed E-state index contributed by atoms with van der Waals surface area (Å²) in [5.74, 6) is 1.05. The van der Waals surface area contributed by atoms with E-state index in [1.165, 1.54) is 12.8 Å². The van der Waals surface area contributed by atoms with Gasteiger partial charge in [-0.25, -0.2) is 0 Å². The van der Waals surface area contributed by atoms with E-state index in [0.29, 0.717) is 29.4 Å². The van der Waals surface area contributed by atoms with Crippen LogP contribution in [0.2, 0.25) is 0 Å². The average molecular weight is 361 g/mol. The average Bonchev–Trinajstić information content (AvgIpc) is 3.04. The minimum atomic E-state index is 0.173. The number of pyridine rings is 1. The van der Waals surface area contributed by atoms with Gasteiger partial charge in [-0.2, -0.15) is 0 Å². The van der Waals surface area contributed by atoms with E-state index in [0.717, 1.165) is 29.6 Å². The number of nitrogens with zero attached hydrogens (tertiary/aromatic N) is 4. The molecule has 1 aromatic carbocycles. The maximum absolute atomic E-state index is 10.4. The molecule has 6 nitrogen and oxygen atoms in total. The molecule has 0 radical (unpaired) electrons. The smallest absolute Gasteiger partial charge is 0.151 e. The second-order valence-corrected chi connectivity index (χ2v) is 7.72. The number of benzene rings is 1. The molecule has 6 heteroatoms. The van der Waals surface area contributed by atoms with Gasteiger partial charge in [-0.15, -0.1) is 10.2 Å². The number of fused-ring (bicyclic) bond motifs is 3. The fourth-order valence-electron chi connectivity index (χ4n) is 4.50. The van der Waals surface area contributed by atoms with Crippen LogP contribution in [0.3, 0.4) is 0 Å². The molecule has 2 aliphatic heterocycles. The minimum Gasteiger partial charge on any atom is -0.507 e. The lowest BCUT2D eigenvalue weighted by molar-refractivity contribution is 0.353. The predicted octanol–water partition coefficient (Wildman–Crippen LogP) is 3.12. The molecule has 2 bridgehead atoms. The monoisotopic (exact) mass is 361 g/mol. The largest absolute Gasteiger partial charge is 0.507 e. The summed E-state index contributed by atoms with van der Waals surface area (Å²) in [6, 6.07) is 13.2. The molecule has 1 unspecified atom stereocenters. The summed E-state index contributed by atoms with van der Waals surface area (Å²) in [5, 5.41) is 23.9. The maximum Gasteiger partial charge on any atom is 0.151 e. The number of aromatic hydroxyl groups is 1. The lowest BCUT2D eigenvalue weighted by Gasteiger charge is -2.36. The first-order valence-electron chi connectivity index (χ1n) is 9.58. The van der Waals surface area contributed by atoms with Gasteiger partial charge in [0.1, 0.15) is 5.75 Å². The Morgan fingerprint density at radius 1 is 1.07 bits per heavy atom. The van der Waals surface area contributed by atoms with Gasteiger partial charge in [-0.3, -0.25) is 4.98 Å². The second kappa shape index (κ2) is 6.46. The summed E-state index contributed by atoms with van der Waals surface area (Å²) in [7, 11) is 2.11. The molecule has 3 atom stereocenters. The Labute approximate surface area is 158 Å². The van der Waals surface area contributed by atoms with Crippen LogP contribution in [0.4, 0.5) is 5.82 Å². The zero-order valence-corrected chi connectivity index (χ0v) is 15.3. The molecule has 4 heterocycles. The first-order valence-corrected chi connectivity index (χ1v) is 9.58. The highest BCUT2D eigenvalue weighted by atomic mass is 16.3. The molecule has 2 fully saturated rings. The third-order valence-corrected chi connectivity index (χ3v) is 6.00. The van der Waals surface area contributed by atoms with Crippen LogP contribution >= 0.6 is 0 Å². The van der Waals surface area contributed by atoms with Crippen molar-refractivity contribution in [1.82, 2.24) is 20.5 Å². The van der Waals surface area contributed by atoms with Crippen LogP contribution in [0.1, 0.15) is 25.7 Å². The van der Waals surface area contributed by atoms with E-state index in [-0.39, 0.29) is 5.75 Å². The fourth-order valence-corrected chi connectivity index (χ4v) is 4.50. The van der Waals surface area contributed by atoms with Crippen molar-refractivity contribution in [3.05, 3.63) is 42.6 Å². The van der Waals surface area contributed by atoms with Crippen LogP contribution in [-0.4, -0.2) is 45.5 Å². The predicted molar refractivity (Wildman–Crippen MR) is 106 cm³/mol. The summed E-state index contributed by atoms with van der Waals surface area (Å²) >= 11 is 0. The molecule has 2 aromatic heterocycles. The van der Waals surface area contributed by atoms with Gasteiger partial charge in [0, 0.05) is 48.4 Å². The van der Waals surface area contributed by atoms with E-state index in [4.69, 9.17) is 0 Å². The zero-order valence-electron chi connectivity index (χ0n) is 15.3. The van der Waals surface area contributed by atoms with Crippen molar-refractivity contribution in [3.8, 4) is 17.0 Å². The number of rotatable bonds is 3. The third-order valence-electron chi connectivity index (χ3n) is 6.00. The molecule has 3 aromatic rings. The number of piperidine rings is 1. The molecule has 2 aliphatic rings. The molecule has 0 aliphatic carbocycles. The van der Waals surface area contributed by atoms with E-state index >= 15 is 0 Å². The van der Waals surface area contributed by atoms with Crippen LogP contribution in [-0.2, 0) is 0 Å². The van der Waals surface area contributed by atoms with Gasteiger partial charge in [0.05, 0.1) is 11.2 Å². The molecule has 138 valence electrons. The zero-order chi connectivity index (χ0) is 18.4. The van der Waals surface area contributed by atoms with Gasteiger partial charge in [0.25, 0.3) is 0 Å². The number of hydrogen-bond acceptors (Lipinski definition) is 6. The van der Waals surface area contributed by atoms with Gasteiger partial charge in [-0.1, -0.05) is 6.07 Å². The van der Waals surface area contributed by atoms with Crippen LogP contribution in [0, 0.1) is 0 Å². The van der Waals surface area contributed by atoms with Crippen molar-refractivity contribution in [2.45, 2.75) is 43.8 Å². The molecule has 0 amide bonds. The van der Waals surface area contributed by atoms with Crippen LogP contribution in [0.15, 0.2) is 42.6 Å². The summed E-state index contributed by atoms with van der Waals surface area (Å²) in [4.78, 5) is 6.53. The topological polar surface area (TPSA) is 74.2 Å². The molecule has 5 rings (SSSR count). The SMILES string of the molecule is CN(c1ccc(-c2cc3cccnc3cc2O)nn1)C1C[C@H]2CC[C@@H](C1)N2. The lowest BCUT2D eigenvalue weighted by atomic mass is 9.98. The van der Waals surface area contributed by atoms with Crippen LogP contribution in [0.5, 0.6) is 5.75 Å². The molecular weight excluding hydrogens is 338 g/mol. The minimum absolute atomic E-state index is 0.173. The van der Waals surface area contributed by atoms with Gasteiger partial charge in [0.15, 0.2) is 5.82 Å². The Balaban J connectivity index is 1.41. The molecule has 27 heavy (non-hydrogen) atoms. The number of anilines is 1. The van der Waals surface area contributed by atoms with E-state index < -0.39 is 0 Å². The van der Waals surface area contributed by atoms with Gasteiger partial charge >= 0.3 is 0 Å². The second-order valence-electron chi connectivity index (χ2n) is 7.72. The van der Waals surface area contributed by atoms with E-state index in [1.54, 1.807) is 12.3 Å². The van der Waals surface area contributed by atoms with E-state index in [2.05, 4.69) is 32.4 Å². The van der Waals surface area contributed by atoms with Crippen LogP contribution < -0.4 is 10.2 Å². The number of phenolic OH excluding ortho intramolecular Hbond substituents is 1. The Hall–Kier alpha value is -2.73. The molecule has 0 saturated carbocycles. The molecule has 2 saturated heterocycles. The van der Waals surface area contributed by atoms with Crippen molar-refractivity contribution in [2.24, 2.45) is 0 Å². The number of nitrogens with one attached hydrogen (secondary N) is 1. The summed E-state index contributed by atoms with van der Waals surface area (Å²) in [5.41, 5.74) is 2.11. The van der Waals surface area contributed by atoms with E-state index in [9.17, 15) is 5.11 Å².